The first-order valence-electron chi connectivity index (χ1n) is 8.84. The maximum atomic E-state index is 12.9. The number of carbonyl (C=O) groups excluding carboxylic acids is 4. The van der Waals surface area contributed by atoms with Crippen molar-refractivity contribution in [3.63, 3.8) is 0 Å². The maximum Gasteiger partial charge on any atom is 0.350 e. The van der Waals surface area contributed by atoms with E-state index in [0.717, 1.165) is 16.2 Å². The number of thiazole rings is 1. The molecule has 0 aliphatic carbocycles. The average Bonchev–Trinajstić information content (AvgIpc) is 3.19. The van der Waals surface area contributed by atoms with Gasteiger partial charge in [-0.1, -0.05) is 23.5 Å². The first-order chi connectivity index (χ1) is 14.2. The first kappa shape index (κ1) is 21.2. The predicted molar refractivity (Wildman–Crippen MR) is 107 cm³/mol. The van der Waals surface area contributed by atoms with Crippen molar-refractivity contribution in [1.82, 2.24) is 15.2 Å². The summed E-state index contributed by atoms with van der Waals surface area (Å²) in [5.41, 5.74) is -0.341. The molecule has 30 heavy (non-hydrogen) atoms. The third-order valence-corrected chi connectivity index (χ3v) is 5.71. The van der Waals surface area contributed by atoms with E-state index in [-0.39, 0.29) is 10.0 Å². The summed E-state index contributed by atoms with van der Waals surface area (Å²) in [6.07, 6.45) is 0. The van der Waals surface area contributed by atoms with Gasteiger partial charge in [-0.05, 0) is 31.5 Å². The molecule has 1 atom stereocenters. The molecule has 1 aliphatic heterocycles. The standard InChI is InChI=1S/C19H20N4O6S/c1-10-14(15(25)29-4)30-17(20-10)21-13(24)9-23-16(26)19(2,22-18(23)27)11-5-7-12(28-3)8-6-11/h5-8H,9H2,1-4H3,(H,22,27)(H,20,21,24). The minimum Gasteiger partial charge on any atom is -0.497 e. The summed E-state index contributed by atoms with van der Waals surface area (Å²) in [6.45, 7) is 2.68. The van der Waals surface area contributed by atoms with E-state index in [2.05, 4.69) is 20.4 Å². The highest BCUT2D eigenvalue weighted by molar-refractivity contribution is 7.17. The summed E-state index contributed by atoms with van der Waals surface area (Å²) in [4.78, 5) is 54.6. The summed E-state index contributed by atoms with van der Waals surface area (Å²) < 4.78 is 9.76. The second-order valence-corrected chi connectivity index (χ2v) is 7.65. The monoisotopic (exact) mass is 432 g/mol. The molecule has 0 saturated carbocycles. The average molecular weight is 432 g/mol. The van der Waals surface area contributed by atoms with Gasteiger partial charge >= 0.3 is 12.0 Å². The molecule has 11 heteroatoms. The number of aryl methyl sites for hydroxylation is 1. The van der Waals surface area contributed by atoms with Gasteiger partial charge in [0.15, 0.2) is 5.13 Å². The minimum absolute atomic E-state index is 0.169. The Morgan fingerprint density at radius 1 is 1.23 bits per heavy atom. The molecule has 0 radical (unpaired) electrons. The quantitative estimate of drug-likeness (QED) is 0.525. The summed E-state index contributed by atoms with van der Waals surface area (Å²) in [6, 6.07) is 6.03. The second kappa shape index (κ2) is 8.11. The fourth-order valence-electron chi connectivity index (χ4n) is 2.99. The maximum absolute atomic E-state index is 12.9. The first-order valence-corrected chi connectivity index (χ1v) is 9.65. The minimum atomic E-state index is -1.31. The van der Waals surface area contributed by atoms with Gasteiger partial charge in [-0.3, -0.25) is 14.5 Å². The number of benzene rings is 1. The molecule has 1 unspecified atom stereocenters. The third kappa shape index (κ3) is 3.83. The Balaban J connectivity index is 1.72. The lowest BCUT2D eigenvalue weighted by atomic mass is 9.92. The Labute approximate surface area is 176 Å². The highest BCUT2D eigenvalue weighted by atomic mass is 32.1. The van der Waals surface area contributed by atoms with Crippen LogP contribution in [0.1, 0.15) is 27.9 Å². The molecule has 158 valence electrons. The van der Waals surface area contributed by atoms with Crippen LogP contribution in [0.2, 0.25) is 0 Å². The third-order valence-electron chi connectivity index (χ3n) is 4.66. The van der Waals surface area contributed by atoms with E-state index in [4.69, 9.17) is 4.74 Å². The number of carbonyl (C=O) groups is 4. The van der Waals surface area contributed by atoms with Gasteiger partial charge in [0.2, 0.25) is 5.91 Å². The van der Waals surface area contributed by atoms with E-state index < -0.39 is 35.9 Å². The van der Waals surface area contributed by atoms with Gasteiger partial charge < -0.3 is 20.1 Å². The zero-order valence-electron chi connectivity index (χ0n) is 16.8. The van der Waals surface area contributed by atoms with Crippen molar-refractivity contribution in [1.29, 1.82) is 0 Å². The van der Waals surface area contributed by atoms with Crippen LogP contribution in [0.25, 0.3) is 0 Å². The van der Waals surface area contributed by atoms with Crippen molar-refractivity contribution in [2.75, 3.05) is 26.1 Å². The molecule has 2 N–H and O–H groups in total. The second-order valence-electron chi connectivity index (χ2n) is 6.65. The number of esters is 1. The smallest absolute Gasteiger partial charge is 0.350 e. The number of amides is 4. The van der Waals surface area contributed by atoms with E-state index in [1.165, 1.54) is 14.2 Å². The molecule has 2 aromatic rings. The van der Waals surface area contributed by atoms with E-state index in [1.807, 2.05) is 0 Å². The molecule has 0 spiro atoms. The predicted octanol–water partition coefficient (Wildman–Crippen LogP) is 1.65. The molecule has 3 rings (SSSR count). The summed E-state index contributed by atoms with van der Waals surface area (Å²) in [5, 5.41) is 5.30. The van der Waals surface area contributed by atoms with Crippen LogP contribution in [0.3, 0.4) is 0 Å². The summed E-state index contributed by atoms with van der Waals surface area (Å²) in [7, 11) is 2.77. The zero-order chi connectivity index (χ0) is 22.1. The molecule has 1 fully saturated rings. The van der Waals surface area contributed by atoms with E-state index in [0.29, 0.717) is 17.0 Å². The van der Waals surface area contributed by atoms with E-state index in [9.17, 15) is 19.2 Å². The van der Waals surface area contributed by atoms with Gasteiger partial charge in [-0.15, -0.1) is 0 Å². The molecule has 1 aromatic carbocycles. The number of anilines is 1. The lowest BCUT2D eigenvalue weighted by Crippen LogP contribution is -2.42. The Morgan fingerprint density at radius 3 is 2.50 bits per heavy atom. The Morgan fingerprint density at radius 2 is 1.90 bits per heavy atom. The SMILES string of the molecule is COC(=O)c1sc(NC(=O)CN2C(=O)NC(C)(c3ccc(OC)cc3)C2=O)nc1C. The Hall–Kier alpha value is -3.47. The van der Waals surface area contributed by atoms with Gasteiger partial charge in [0.05, 0.1) is 19.9 Å². The van der Waals surface area contributed by atoms with Gasteiger partial charge in [0, 0.05) is 0 Å². The van der Waals surface area contributed by atoms with Crippen molar-refractivity contribution in [2.45, 2.75) is 19.4 Å². The van der Waals surface area contributed by atoms with E-state index in [1.54, 1.807) is 38.1 Å². The molecule has 4 amide bonds. The number of imide groups is 1. The molecule has 10 nitrogen and oxygen atoms in total. The highest BCUT2D eigenvalue weighted by Crippen LogP contribution is 2.30. The van der Waals surface area contributed by atoms with Gasteiger partial charge in [-0.25, -0.2) is 14.6 Å². The van der Waals surface area contributed by atoms with Crippen molar-refractivity contribution >= 4 is 40.3 Å². The Bertz CT molecular complexity index is 1020. The van der Waals surface area contributed by atoms with Gasteiger partial charge in [-0.2, -0.15) is 0 Å². The number of nitrogens with zero attached hydrogens (tertiary/aromatic N) is 2. The number of ether oxygens (including phenoxy) is 2. The van der Waals surface area contributed by atoms with Crippen LogP contribution in [-0.2, 0) is 19.9 Å². The van der Waals surface area contributed by atoms with Crippen molar-refractivity contribution in [3.8, 4) is 5.75 Å². The topological polar surface area (TPSA) is 127 Å². The fraction of sp³-hybridized carbons (Fsp3) is 0.316. The molecule has 2 heterocycles. The molecule has 0 bridgehead atoms. The van der Waals surface area contributed by atoms with Crippen LogP contribution in [-0.4, -0.2) is 54.5 Å². The number of rotatable bonds is 6. The zero-order valence-corrected chi connectivity index (χ0v) is 17.6. The number of hydrogen-bond acceptors (Lipinski definition) is 8. The molecular weight excluding hydrogens is 412 g/mol. The summed E-state index contributed by atoms with van der Waals surface area (Å²) in [5.74, 6) is -1.13. The number of aromatic nitrogens is 1. The van der Waals surface area contributed by atoms with Crippen LogP contribution in [0.4, 0.5) is 9.93 Å². The van der Waals surface area contributed by atoms with Crippen molar-refractivity contribution in [2.24, 2.45) is 0 Å². The van der Waals surface area contributed by atoms with E-state index >= 15 is 0 Å². The van der Waals surface area contributed by atoms with Crippen LogP contribution in [0, 0.1) is 6.92 Å². The number of nitrogens with one attached hydrogen (secondary N) is 2. The van der Waals surface area contributed by atoms with Gasteiger partial charge in [0.25, 0.3) is 5.91 Å². The van der Waals surface area contributed by atoms with Crippen LogP contribution in [0.5, 0.6) is 5.75 Å². The number of methoxy groups -OCH3 is 2. The normalized spacial score (nSPS) is 18.2. The van der Waals surface area contributed by atoms with Crippen LogP contribution >= 0.6 is 11.3 Å². The van der Waals surface area contributed by atoms with Crippen LogP contribution < -0.4 is 15.4 Å². The molecule has 1 aromatic heterocycles. The fourth-order valence-corrected chi connectivity index (χ4v) is 3.90. The molecular formula is C19H20N4O6S. The summed E-state index contributed by atoms with van der Waals surface area (Å²) >= 11 is 0.947. The van der Waals surface area contributed by atoms with Crippen molar-refractivity contribution < 1.29 is 28.7 Å². The molecule has 1 saturated heterocycles. The molecule has 1 aliphatic rings. The highest BCUT2D eigenvalue weighted by Gasteiger charge is 2.49. The Kier molecular flexibility index (Phi) is 5.74. The van der Waals surface area contributed by atoms with Crippen molar-refractivity contribution in [3.05, 3.63) is 40.4 Å². The largest absolute Gasteiger partial charge is 0.497 e. The lowest BCUT2D eigenvalue weighted by Gasteiger charge is -2.22. The number of urea groups is 1. The lowest BCUT2D eigenvalue weighted by molar-refractivity contribution is -0.133. The van der Waals surface area contributed by atoms with Crippen LogP contribution in [0.15, 0.2) is 24.3 Å². The number of hydrogen-bond donors (Lipinski definition) is 2. The van der Waals surface area contributed by atoms with Gasteiger partial charge in [0.1, 0.15) is 22.7 Å².